The number of aromatic nitrogens is 4. The first-order chi connectivity index (χ1) is 11.9. The first-order valence-electron chi connectivity index (χ1n) is 8.18. The van der Waals surface area contributed by atoms with Crippen LogP contribution in [0.25, 0.3) is 11.6 Å². The van der Waals surface area contributed by atoms with Gasteiger partial charge in [-0.1, -0.05) is 23.8 Å². The Bertz CT molecular complexity index is 927. The summed E-state index contributed by atoms with van der Waals surface area (Å²) in [4.78, 5) is 14.9. The van der Waals surface area contributed by atoms with E-state index in [9.17, 15) is 4.79 Å². The van der Waals surface area contributed by atoms with E-state index >= 15 is 0 Å². The van der Waals surface area contributed by atoms with Crippen molar-refractivity contribution in [1.29, 1.82) is 0 Å². The molecule has 7 heteroatoms. The molecule has 4 rings (SSSR count). The van der Waals surface area contributed by atoms with E-state index in [2.05, 4.69) is 59.6 Å². The minimum absolute atomic E-state index is 0.132. The number of amides is 1. The molecule has 2 aromatic heterocycles. The number of nitrogens with zero attached hydrogens (tertiary/aromatic N) is 4. The molecule has 0 fully saturated rings. The van der Waals surface area contributed by atoms with Gasteiger partial charge in [0.05, 0.1) is 0 Å². The van der Waals surface area contributed by atoms with Gasteiger partial charge in [-0.2, -0.15) is 5.21 Å². The Labute approximate surface area is 145 Å². The van der Waals surface area contributed by atoms with E-state index in [0.29, 0.717) is 18.1 Å². The van der Waals surface area contributed by atoms with Crippen LogP contribution in [0.1, 0.15) is 41.1 Å². The zero-order chi connectivity index (χ0) is 17.6. The Hall–Kier alpha value is -2.96. The summed E-state index contributed by atoms with van der Waals surface area (Å²) in [7, 11) is 0. The molecule has 7 nitrogen and oxygen atoms in total. The van der Waals surface area contributed by atoms with Crippen LogP contribution >= 0.6 is 0 Å². The molecule has 0 unspecified atom stereocenters. The van der Waals surface area contributed by atoms with Crippen LogP contribution < -0.4 is 0 Å². The van der Waals surface area contributed by atoms with Crippen molar-refractivity contribution >= 4 is 5.91 Å². The fourth-order valence-electron chi connectivity index (χ4n) is 3.34. The summed E-state index contributed by atoms with van der Waals surface area (Å²) in [5.74, 6) is 0.900. The highest BCUT2D eigenvalue weighted by molar-refractivity contribution is 5.92. The minimum Gasteiger partial charge on any atom is -0.447 e. The molecule has 128 valence electrons. The molecule has 0 bridgehead atoms. The van der Waals surface area contributed by atoms with Crippen molar-refractivity contribution in [3.63, 3.8) is 0 Å². The van der Waals surface area contributed by atoms with Crippen molar-refractivity contribution in [1.82, 2.24) is 25.5 Å². The van der Waals surface area contributed by atoms with Gasteiger partial charge < -0.3 is 9.32 Å². The SMILES string of the molecule is Cc1ccc2c(c1)CN(C(=O)c1ccc(-c3nn[nH]n3)o1)C(C)(C)C2. The zero-order valence-corrected chi connectivity index (χ0v) is 14.4. The van der Waals surface area contributed by atoms with Gasteiger partial charge in [0.25, 0.3) is 5.91 Å². The number of aryl methyl sites for hydroxylation is 1. The predicted molar refractivity (Wildman–Crippen MR) is 90.7 cm³/mol. The monoisotopic (exact) mass is 337 g/mol. The lowest BCUT2D eigenvalue weighted by atomic mass is 9.84. The summed E-state index contributed by atoms with van der Waals surface area (Å²) in [6.07, 6.45) is 0.812. The van der Waals surface area contributed by atoms with Crippen LogP contribution in [0.3, 0.4) is 0 Å². The van der Waals surface area contributed by atoms with Gasteiger partial charge in [0.15, 0.2) is 11.5 Å². The van der Waals surface area contributed by atoms with Gasteiger partial charge in [0.1, 0.15) is 0 Å². The highest BCUT2D eigenvalue weighted by Crippen LogP contribution is 2.33. The lowest BCUT2D eigenvalue weighted by Crippen LogP contribution is -2.51. The number of hydrogen-bond acceptors (Lipinski definition) is 5. The molecular weight excluding hydrogens is 318 g/mol. The average Bonchev–Trinajstić information content (AvgIpc) is 3.24. The topological polar surface area (TPSA) is 87.9 Å². The lowest BCUT2D eigenvalue weighted by Gasteiger charge is -2.43. The number of carbonyl (C=O) groups excluding carboxylic acids is 1. The molecule has 0 saturated carbocycles. The molecule has 0 radical (unpaired) electrons. The molecular formula is C18H19N5O2. The van der Waals surface area contributed by atoms with E-state index in [4.69, 9.17) is 4.42 Å². The van der Waals surface area contributed by atoms with Gasteiger partial charge in [-0.3, -0.25) is 4.79 Å². The number of tetrazole rings is 1. The Morgan fingerprint density at radius 1 is 1.24 bits per heavy atom. The van der Waals surface area contributed by atoms with E-state index < -0.39 is 0 Å². The second-order valence-corrected chi connectivity index (χ2v) is 7.05. The molecule has 3 heterocycles. The van der Waals surface area contributed by atoms with E-state index in [1.54, 1.807) is 12.1 Å². The summed E-state index contributed by atoms with van der Waals surface area (Å²) >= 11 is 0. The van der Waals surface area contributed by atoms with Gasteiger partial charge >= 0.3 is 0 Å². The van der Waals surface area contributed by atoms with E-state index in [1.165, 1.54) is 16.7 Å². The van der Waals surface area contributed by atoms with Crippen molar-refractivity contribution in [3.8, 4) is 11.6 Å². The third-order valence-corrected chi connectivity index (χ3v) is 4.67. The number of nitrogens with one attached hydrogen (secondary N) is 1. The van der Waals surface area contributed by atoms with E-state index in [1.807, 2.05) is 4.90 Å². The maximum Gasteiger partial charge on any atom is 0.290 e. The first kappa shape index (κ1) is 15.6. The van der Waals surface area contributed by atoms with Gasteiger partial charge in [-0.25, -0.2) is 0 Å². The quantitative estimate of drug-likeness (QED) is 0.777. The zero-order valence-electron chi connectivity index (χ0n) is 14.4. The van der Waals surface area contributed by atoms with Crippen molar-refractivity contribution in [2.45, 2.75) is 39.3 Å². The lowest BCUT2D eigenvalue weighted by molar-refractivity contribution is 0.0457. The minimum atomic E-state index is -0.293. The molecule has 0 atom stereocenters. The number of hydrogen-bond donors (Lipinski definition) is 1. The fourth-order valence-corrected chi connectivity index (χ4v) is 3.34. The molecule has 1 aromatic carbocycles. The largest absolute Gasteiger partial charge is 0.447 e. The van der Waals surface area contributed by atoms with Crippen LogP contribution in [-0.2, 0) is 13.0 Å². The van der Waals surface area contributed by atoms with Crippen LogP contribution in [0.15, 0.2) is 34.7 Å². The second-order valence-electron chi connectivity index (χ2n) is 7.05. The Kier molecular flexibility index (Phi) is 3.45. The third-order valence-electron chi connectivity index (χ3n) is 4.67. The number of H-pyrrole nitrogens is 1. The summed E-state index contributed by atoms with van der Waals surface area (Å²) in [6.45, 7) is 6.80. The Balaban J connectivity index is 1.65. The van der Waals surface area contributed by atoms with Gasteiger partial charge in [-0.05, 0) is 55.7 Å². The van der Waals surface area contributed by atoms with Gasteiger partial charge in [0.2, 0.25) is 5.82 Å². The van der Waals surface area contributed by atoms with Gasteiger partial charge in [-0.15, -0.1) is 10.2 Å². The first-order valence-corrected chi connectivity index (χ1v) is 8.18. The Morgan fingerprint density at radius 3 is 2.84 bits per heavy atom. The van der Waals surface area contributed by atoms with E-state index in [-0.39, 0.29) is 17.2 Å². The maximum absolute atomic E-state index is 13.1. The highest BCUT2D eigenvalue weighted by Gasteiger charge is 2.37. The van der Waals surface area contributed by atoms with Crippen molar-refractivity contribution in [2.75, 3.05) is 0 Å². The fraction of sp³-hybridized carbons (Fsp3) is 0.333. The number of benzene rings is 1. The predicted octanol–water partition coefficient (Wildman–Crippen LogP) is 2.75. The molecule has 1 N–H and O–H groups in total. The molecule has 1 aliphatic heterocycles. The van der Waals surface area contributed by atoms with Crippen LogP contribution in [0.4, 0.5) is 0 Å². The standard InChI is InChI=1S/C18H19N5O2/c1-11-4-5-12-9-18(2,3)23(10-13(12)8-11)17(24)15-7-6-14(25-15)16-19-21-22-20-16/h4-8H,9-10H2,1-3H3,(H,19,20,21,22). The van der Waals surface area contributed by atoms with E-state index in [0.717, 1.165) is 6.42 Å². The summed E-state index contributed by atoms with van der Waals surface area (Å²) in [5, 5.41) is 13.6. The summed E-state index contributed by atoms with van der Waals surface area (Å²) in [6, 6.07) is 9.78. The molecule has 0 aliphatic carbocycles. The molecule has 1 amide bonds. The summed E-state index contributed by atoms with van der Waals surface area (Å²) < 4.78 is 5.67. The van der Waals surface area contributed by atoms with Crippen molar-refractivity contribution in [2.24, 2.45) is 0 Å². The summed E-state index contributed by atoms with van der Waals surface area (Å²) in [5.41, 5.74) is 3.39. The molecule has 0 saturated heterocycles. The smallest absolute Gasteiger partial charge is 0.290 e. The molecule has 0 spiro atoms. The average molecular weight is 337 g/mol. The van der Waals surface area contributed by atoms with Crippen LogP contribution in [0.5, 0.6) is 0 Å². The van der Waals surface area contributed by atoms with Crippen LogP contribution in [-0.4, -0.2) is 37.0 Å². The Morgan fingerprint density at radius 2 is 2.08 bits per heavy atom. The third kappa shape index (κ3) is 2.71. The molecule has 25 heavy (non-hydrogen) atoms. The van der Waals surface area contributed by atoms with Crippen molar-refractivity contribution < 1.29 is 9.21 Å². The maximum atomic E-state index is 13.1. The number of furan rings is 1. The normalized spacial score (nSPS) is 15.9. The number of carbonyl (C=O) groups is 1. The van der Waals surface area contributed by atoms with Crippen LogP contribution in [0, 0.1) is 6.92 Å². The van der Waals surface area contributed by atoms with Crippen LogP contribution in [0.2, 0.25) is 0 Å². The number of rotatable bonds is 2. The number of aromatic amines is 1. The molecule has 3 aromatic rings. The number of fused-ring (bicyclic) bond motifs is 1. The highest BCUT2D eigenvalue weighted by atomic mass is 16.4. The van der Waals surface area contributed by atoms with Gasteiger partial charge in [0, 0.05) is 12.1 Å². The molecule has 1 aliphatic rings. The van der Waals surface area contributed by atoms with Crippen molar-refractivity contribution in [3.05, 3.63) is 52.8 Å². The second kappa shape index (κ2) is 5.54.